The molecule has 0 saturated heterocycles. The van der Waals surface area contributed by atoms with Crippen molar-refractivity contribution in [3.63, 3.8) is 0 Å². The monoisotopic (exact) mass is 214 g/mol. The third kappa shape index (κ3) is 1.57. The van der Waals surface area contributed by atoms with Gasteiger partial charge in [0.1, 0.15) is 4.86 Å². The fraction of sp³-hybridized carbons (Fsp3) is 0.125. The Bertz CT molecular complexity index is 440. The highest BCUT2D eigenvalue weighted by Gasteiger charge is 2.19. The van der Waals surface area contributed by atoms with E-state index in [1.54, 1.807) is 5.41 Å². The highest BCUT2D eigenvalue weighted by molar-refractivity contribution is 7.97. The number of hydrogen-bond donors (Lipinski definition) is 0. The maximum Gasteiger partial charge on any atom is 0.221 e. The predicted octanol–water partition coefficient (Wildman–Crippen LogP) is 1.44. The van der Waals surface area contributed by atoms with Crippen molar-refractivity contribution in [3.05, 3.63) is 35.0 Å². The van der Waals surface area contributed by atoms with Crippen LogP contribution < -0.4 is 0 Å². The lowest BCUT2D eigenvalue weighted by Gasteiger charge is -2.15. The quantitative estimate of drug-likeness (QED) is 0.452. The fourth-order valence-corrected chi connectivity index (χ4v) is 2.32. The van der Waals surface area contributed by atoms with E-state index < -0.39 is 10.3 Å². The maximum absolute atomic E-state index is 10.8. The van der Waals surface area contributed by atoms with Crippen LogP contribution in [-0.2, 0) is 14.5 Å². The number of rotatable bonds is 0. The van der Waals surface area contributed by atoms with Gasteiger partial charge in [-0.3, -0.25) is 0 Å². The Morgan fingerprint density at radius 3 is 3.00 bits per heavy atom. The van der Waals surface area contributed by atoms with Gasteiger partial charge in [0.2, 0.25) is 10.3 Å². The van der Waals surface area contributed by atoms with Crippen LogP contribution in [0.1, 0.15) is 6.42 Å². The second kappa shape index (κ2) is 3.43. The topological polar surface area (TPSA) is 43.4 Å². The van der Waals surface area contributed by atoms with E-state index in [0.717, 1.165) is 17.6 Å². The zero-order chi connectivity index (χ0) is 9.26. The van der Waals surface area contributed by atoms with Gasteiger partial charge < -0.3 is 4.18 Å². The van der Waals surface area contributed by atoms with Crippen molar-refractivity contribution in [1.82, 2.24) is 0 Å². The standard InChI is InChI=1S/C8H6O3S2/c9-13(10)7-3-1-2-6-4-5-12-11-8(6)7/h1-2,4-5H,3H2. The molecule has 1 heterocycles. The summed E-state index contributed by atoms with van der Waals surface area (Å²) >= 11 is 1.14. The molecule has 68 valence electrons. The first kappa shape index (κ1) is 8.65. The highest BCUT2D eigenvalue weighted by Crippen LogP contribution is 2.28. The lowest BCUT2D eigenvalue weighted by Crippen LogP contribution is -2.11. The lowest BCUT2D eigenvalue weighted by molar-refractivity contribution is 0.530. The van der Waals surface area contributed by atoms with E-state index >= 15 is 0 Å². The fourth-order valence-electron chi connectivity index (χ4n) is 1.17. The van der Waals surface area contributed by atoms with Crippen LogP contribution in [0.2, 0.25) is 0 Å². The highest BCUT2D eigenvalue weighted by atomic mass is 32.2. The molecule has 0 spiro atoms. The molecule has 13 heavy (non-hydrogen) atoms. The van der Waals surface area contributed by atoms with Crippen molar-refractivity contribution in [2.45, 2.75) is 6.42 Å². The molecular weight excluding hydrogens is 208 g/mol. The van der Waals surface area contributed by atoms with Crippen molar-refractivity contribution < 1.29 is 12.6 Å². The minimum absolute atomic E-state index is 0.328. The maximum atomic E-state index is 10.8. The molecule has 2 rings (SSSR count). The van der Waals surface area contributed by atoms with E-state index in [1.807, 2.05) is 18.2 Å². The summed E-state index contributed by atoms with van der Waals surface area (Å²) in [5, 5.41) is 1.78. The molecule has 1 aliphatic heterocycles. The number of allylic oxidation sites excluding steroid dienone is 5. The first-order valence-corrected chi connectivity index (χ1v) is 5.53. The van der Waals surface area contributed by atoms with Gasteiger partial charge in [-0.2, -0.15) is 8.42 Å². The van der Waals surface area contributed by atoms with Gasteiger partial charge in [-0.1, -0.05) is 12.2 Å². The van der Waals surface area contributed by atoms with Crippen LogP contribution in [0, 0.1) is 0 Å². The molecule has 0 radical (unpaired) electrons. The van der Waals surface area contributed by atoms with Crippen LogP contribution in [0.5, 0.6) is 0 Å². The van der Waals surface area contributed by atoms with Crippen LogP contribution in [0.15, 0.2) is 35.0 Å². The Hall–Kier alpha value is -0.940. The molecule has 0 aromatic rings. The molecule has 0 N–H and O–H groups in total. The van der Waals surface area contributed by atoms with Crippen LogP contribution >= 0.6 is 12.0 Å². The minimum atomic E-state index is -2.19. The Morgan fingerprint density at radius 1 is 1.38 bits per heavy atom. The lowest BCUT2D eigenvalue weighted by atomic mass is 10.1. The zero-order valence-electron chi connectivity index (χ0n) is 6.56. The summed E-state index contributed by atoms with van der Waals surface area (Å²) in [6, 6.07) is 0. The Kier molecular flexibility index (Phi) is 2.28. The van der Waals surface area contributed by atoms with Crippen molar-refractivity contribution in [3.8, 4) is 0 Å². The Balaban J connectivity index is 2.60. The average molecular weight is 214 g/mol. The van der Waals surface area contributed by atoms with Crippen molar-refractivity contribution in [1.29, 1.82) is 0 Å². The van der Waals surface area contributed by atoms with Gasteiger partial charge in [0, 0.05) is 17.4 Å². The molecule has 0 atom stereocenters. The molecule has 0 aromatic heterocycles. The van der Waals surface area contributed by atoms with E-state index in [-0.39, 0.29) is 0 Å². The molecule has 1 aliphatic carbocycles. The SMILES string of the molecule is O=S(=O)=C1CC=CC2=C1OSC=C2. The van der Waals surface area contributed by atoms with Crippen LogP contribution in [-0.4, -0.2) is 13.3 Å². The number of hydrogen-bond acceptors (Lipinski definition) is 4. The zero-order valence-corrected chi connectivity index (χ0v) is 8.19. The smallest absolute Gasteiger partial charge is 0.221 e. The molecule has 0 fully saturated rings. The molecular formula is C8H6O3S2. The molecule has 5 heteroatoms. The second-order valence-corrected chi connectivity index (χ2v) is 4.12. The van der Waals surface area contributed by atoms with Crippen LogP contribution in [0.25, 0.3) is 0 Å². The molecule has 3 nitrogen and oxygen atoms in total. The molecule has 0 amide bonds. The van der Waals surface area contributed by atoms with Gasteiger partial charge in [-0.05, 0) is 6.08 Å². The summed E-state index contributed by atoms with van der Waals surface area (Å²) in [7, 11) is -2.19. The summed E-state index contributed by atoms with van der Waals surface area (Å²) in [5.41, 5.74) is 0.823. The van der Waals surface area contributed by atoms with Gasteiger partial charge in [-0.25, -0.2) is 0 Å². The second-order valence-electron chi connectivity index (χ2n) is 2.53. The van der Waals surface area contributed by atoms with E-state index in [4.69, 9.17) is 4.18 Å². The molecule has 0 bridgehead atoms. The van der Waals surface area contributed by atoms with Crippen molar-refractivity contribution >= 4 is 27.2 Å². The molecule has 2 aliphatic rings. The summed E-state index contributed by atoms with van der Waals surface area (Å²) in [4.78, 5) is 0.328. The first-order chi connectivity index (χ1) is 6.29. The summed E-state index contributed by atoms with van der Waals surface area (Å²) < 4.78 is 26.8. The summed E-state index contributed by atoms with van der Waals surface area (Å²) in [5.74, 6) is 0.475. The van der Waals surface area contributed by atoms with E-state index in [1.165, 1.54) is 0 Å². The third-order valence-corrected chi connectivity index (χ3v) is 3.02. The van der Waals surface area contributed by atoms with Gasteiger partial charge in [0.25, 0.3) is 0 Å². The summed E-state index contributed by atoms with van der Waals surface area (Å²) in [6.07, 6.45) is 5.94. The minimum Gasteiger partial charge on any atom is -0.419 e. The molecule has 0 saturated carbocycles. The largest absolute Gasteiger partial charge is 0.419 e. The van der Waals surface area contributed by atoms with Crippen LogP contribution in [0.3, 0.4) is 0 Å². The summed E-state index contributed by atoms with van der Waals surface area (Å²) in [6.45, 7) is 0. The van der Waals surface area contributed by atoms with E-state index in [2.05, 4.69) is 0 Å². The van der Waals surface area contributed by atoms with Crippen molar-refractivity contribution in [2.24, 2.45) is 0 Å². The Labute approximate surface area is 81.5 Å². The van der Waals surface area contributed by atoms with Gasteiger partial charge in [-0.15, -0.1) is 0 Å². The Morgan fingerprint density at radius 2 is 2.23 bits per heavy atom. The van der Waals surface area contributed by atoms with E-state index in [0.29, 0.717) is 17.0 Å². The molecule has 0 unspecified atom stereocenters. The van der Waals surface area contributed by atoms with Crippen molar-refractivity contribution in [2.75, 3.05) is 0 Å². The predicted molar refractivity (Wildman–Crippen MR) is 52.5 cm³/mol. The van der Waals surface area contributed by atoms with E-state index in [9.17, 15) is 8.42 Å². The normalized spacial score (nSPS) is 19.8. The van der Waals surface area contributed by atoms with Gasteiger partial charge in [0.15, 0.2) is 5.76 Å². The first-order valence-electron chi connectivity index (χ1n) is 3.65. The molecule has 0 aromatic carbocycles. The van der Waals surface area contributed by atoms with Gasteiger partial charge in [0.05, 0.1) is 12.0 Å². The van der Waals surface area contributed by atoms with Crippen LogP contribution in [0.4, 0.5) is 0 Å². The average Bonchev–Trinajstić information content (AvgIpc) is 2.17. The van der Waals surface area contributed by atoms with Gasteiger partial charge >= 0.3 is 0 Å². The third-order valence-electron chi connectivity index (χ3n) is 1.75.